The van der Waals surface area contributed by atoms with Crippen molar-refractivity contribution in [1.29, 1.82) is 0 Å². The summed E-state index contributed by atoms with van der Waals surface area (Å²) in [6.45, 7) is 2.85. The van der Waals surface area contributed by atoms with Gasteiger partial charge in [0, 0.05) is 24.0 Å². The van der Waals surface area contributed by atoms with E-state index >= 15 is 0 Å². The molecule has 0 saturated carbocycles. The Morgan fingerprint density at radius 3 is 2.73 bits per heavy atom. The monoisotopic (exact) mass is 365 g/mol. The number of amides is 1. The van der Waals surface area contributed by atoms with E-state index < -0.39 is 0 Å². The summed E-state index contributed by atoms with van der Waals surface area (Å²) in [6.07, 6.45) is 2.72. The lowest BCUT2D eigenvalue weighted by Gasteiger charge is -2.31. The summed E-state index contributed by atoms with van der Waals surface area (Å²) < 4.78 is 0. The number of carbonyl (C=O) groups is 1. The molecule has 1 fully saturated rings. The van der Waals surface area contributed by atoms with Crippen molar-refractivity contribution in [2.45, 2.75) is 25.3 Å². The van der Waals surface area contributed by atoms with E-state index in [1.165, 1.54) is 0 Å². The summed E-state index contributed by atoms with van der Waals surface area (Å²) in [5.41, 5.74) is 0.568. The average molecular weight is 367 g/mol. The van der Waals surface area contributed by atoms with Crippen LogP contribution in [0.25, 0.3) is 0 Å². The van der Waals surface area contributed by atoms with Crippen LogP contribution in [0.4, 0.5) is 5.69 Å². The van der Waals surface area contributed by atoms with Crippen molar-refractivity contribution in [1.82, 2.24) is 10.2 Å². The fourth-order valence-corrected chi connectivity index (χ4v) is 2.85. The molecule has 0 aromatic heterocycles. The normalized spacial score (nSPS) is 15.5. The molecule has 7 heteroatoms. The molecule has 1 aliphatic heterocycles. The van der Waals surface area contributed by atoms with Crippen LogP contribution in [0.5, 0.6) is 0 Å². The molecule has 0 unspecified atom stereocenters. The molecule has 1 aliphatic rings. The van der Waals surface area contributed by atoms with Gasteiger partial charge in [-0.3, -0.25) is 4.79 Å². The van der Waals surface area contributed by atoms with Crippen molar-refractivity contribution in [2.24, 2.45) is 0 Å². The number of rotatable bonds is 5. The van der Waals surface area contributed by atoms with Gasteiger partial charge in [0.2, 0.25) is 5.91 Å². The van der Waals surface area contributed by atoms with Crippen molar-refractivity contribution < 1.29 is 4.79 Å². The van der Waals surface area contributed by atoms with Crippen LogP contribution >= 0.6 is 35.6 Å². The lowest BCUT2D eigenvalue weighted by molar-refractivity contribution is -0.116. The van der Waals surface area contributed by atoms with Crippen LogP contribution in [0.2, 0.25) is 10.0 Å². The minimum absolute atomic E-state index is 0. The maximum Gasteiger partial charge on any atom is 0.225 e. The SMILES string of the molecule is CN(CCC(=O)Nc1cc(Cl)ccc1Cl)C1CCNCC1.Cl. The lowest BCUT2D eigenvalue weighted by Crippen LogP contribution is -2.42. The predicted octanol–water partition coefficient (Wildman–Crippen LogP) is 3.43. The number of carbonyl (C=O) groups excluding carboxylic acids is 1. The molecule has 1 aromatic rings. The Bertz CT molecular complexity index is 493. The summed E-state index contributed by atoms with van der Waals surface area (Å²) in [5, 5.41) is 7.22. The molecule has 1 heterocycles. The van der Waals surface area contributed by atoms with Crippen LogP contribution in [-0.4, -0.2) is 43.5 Å². The molecule has 2 N–H and O–H groups in total. The standard InChI is InChI=1S/C15H21Cl2N3O.ClH/c1-20(12-4-7-18-8-5-12)9-6-15(21)19-14-10-11(16)2-3-13(14)17;/h2-3,10,12,18H,4-9H2,1H3,(H,19,21);1H. The Labute approximate surface area is 147 Å². The first-order valence-electron chi connectivity index (χ1n) is 7.22. The molecule has 1 saturated heterocycles. The quantitative estimate of drug-likeness (QED) is 0.839. The second-order valence-electron chi connectivity index (χ2n) is 5.38. The van der Waals surface area contributed by atoms with E-state index in [1.54, 1.807) is 18.2 Å². The second-order valence-corrected chi connectivity index (χ2v) is 6.23. The van der Waals surface area contributed by atoms with Crippen molar-refractivity contribution >= 4 is 47.2 Å². The van der Waals surface area contributed by atoms with Gasteiger partial charge < -0.3 is 15.5 Å². The Kier molecular flexibility index (Phi) is 8.50. The number of piperidine rings is 1. The fourth-order valence-electron chi connectivity index (χ4n) is 2.51. The van der Waals surface area contributed by atoms with E-state index in [-0.39, 0.29) is 18.3 Å². The van der Waals surface area contributed by atoms with Gasteiger partial charge in [0.05, 0.1) is 10.7 Å². The summed E-state index contributed by atoms with van der Waals surface area (Å²) in [4.78, 5) is 14.3. The average Bonchev–Trinajstić information content (AvgIpc) is 2.49. The van der Waals surface area contributed by atoms with Gasteiger partial charge in [-0.25, -0.2) is 0 Å². The third kappa shape index (κ3) is 5.94. The van der Waals surface area contributed by atoms with Gasteiger partial charge in [-0.05, 0) is 51.2 Å². The van der Waals surface area contributed by atoms with E-state index in [4.69, 9.17) is 23.2 Å². The Morgan fingerprint density at radius 1 is 1.36 bits per heavy atom. The Balaban J connectivity index is 0.00000242. The van der Waals surface area contributed by atoms with Crippen LogP contribution in [0.1, 0.15) is 19.3 Å². The second kappa shape index (κ2) is 9.58. The summed E-state index contributed by atoms with van der Waals surface area (Å²) in [7, 11) is 2.08. The maximum atomic E-state index is 12.0. The Morgan fingerprint density at radius 2 is 2.05 bits per heavy atom. The molecule has 0 aliphatic carbocycles. The van der Waals surface area contributed by atoms with E-state index in [1.807, 2.05) is 0 Å². The number of hydrogen-bond acceptors (Lipinski definition) is 3. The molecule has 0 radical (unpaired) electrons. The molecular formula is C15H22Cl3N3O. The van der Waals surface area contributed by atoms with E-state index in [9.17, 15) is 4.79 Å². The van der Waals surface area contributed by atoms with Crippen LogP contribution < -0.4 is 10.6 Å². The van der Waals surface area contributed by atoms with Crippen LogP contribution in [0.15, 0.2) is 18.2 Å². The van der Waals surface area contributed by atoms with Gasteiger partial charge in [0.1, 0.15) is 0 Å². The van der Waals surface area contributed by atoms with Gasteiger partial charge in [-0.2, -0.15) is 0 Å². The summed E-state index contributed by atoms with van der Waals surface area (Å²) in [6, 6.07) is 5.61. The third-order valence-electron chi connectivity index (χ3n) is 3.83. The maximum absolute atomic E-state index is 12.0. The highest BCUT2D eigenvalue weighted by Crippen LogP contribution is 2.25. The van der Waals surface area contributed by atoms with Gasteiger partial charge in [0.15, 0.2) is 0 Å². The van der Waals surface area contributed by atoms with Gasteiger partial charge in [0.25, 0.3) is 0 Å². The zero-order valence-electron chi connectivity index (χ0n) is 12.6. The fraction of sp³-hybridized carbons (Fsp3) is 0.533. The molecule has 0 atom stereocenters. The molecule has 0 bridgehead atoms. The molecule has 0 spiro atoms. The largest absolute Gasteiger partial charge is 0.325 e. The molecular weight excluding hydrogens is 345 g/mol. The predicted molar refractivity (Wildman–Crippen MR) is 95.5 cm³/mol. The molecule has 22 heavy (non-hydrogen) atoms. The number of benzene rings is 1. The molecule has 2 rings (SSSR count). The van der Waals surface area contributed by atoms with Crippen molar-refractivity contribution in [3.8, 4) is 0 Å². The third-order valence-corrected chi connectivity index (χ3v) is 4.39. The van der Waals surface area contributed by atoms with Crippen LogP contribution in [0.3, 0.4) is 0 Å². The first-order valence-corrected chi connectivity index (χ1v) is 7.97. The first kappa shape index (κ1) is 19.5. The zero-order chi connectivity index (χ0) is 15.2. The van der Waals surface area contributed by atoms with Crippen molar-refractivity contribution in [2.75, 3.05) is 32.0 Å². The topological polar surface area (TPSA) is 44.4 Å². The number of hydrogen-bond donors (Lipinski definition) is 2. The Hall–Kier alpha value is -0.520. The lowest BCUT2D eigenvalue weighted by atomic mass is 10.1. The number of nitrogens with zero attached hydrogens (tertiary/aromatic N) is 1. The van der Waals surface area contributed by atoms with Crippen LogP contribution in [0, 0.1) is 0 Å². The highest BCUT2D eigenvalue weighted by atomic mass is 35.5. The molecule has 124 valence electrons. The highest BCUT2D eigenvalue weighted by Gasteiger charge is 2.18. The van der Waals surface area contributed by atoms with E-state index in [0.29, 0.717) is 28.2 Å². The summed E-state index contributed by atoms with van der Waals surface area (Å²) >= 11 is 11.9. The molecule has 4 nitrogen and oxygen atoms in total. The summed E-state index contributed by atoms with van der Waals surface area (Å²) in [5.74, 6) is -0.0417. The minimum atomic E-state index is -0.0417. The number of nitrogens with one attached hydrogen (secondary N) is 2. The van der Waals surface area contributed by atoms with Crippen molar-refractivity contribution in [3.05, 3.63) is 28.2 Å². The zero-order valence-corrected chi connectivity index (χ0v) is 14.9. The highest BCUT2D eigenvalue weighted by molar-refractivity contribution is 6.35. The van der Waals surface area contributed by atoms with E-state index in [0.717, 1.165) is 32.5 Å². The van der Waals surface area contributed by atoms with Crippen molar-refractivity contribution in [3.63, 3.8) is 0 Å². The molecule has 1 aromatic carbocycles. The van der Waals surface area contributed by atoms with Crippen LogP contribution in [-0.2, 0) is 4.79 Å². The van der Waals surface area contributed by atoms with E-state index in [2.05, 4.69) is 22.6 Å². The minimum Gasteiger partial charge on any atom is -0.325 e. The van der Waals surface area contributed by atoms with Gasteiger partial charge >= 0.3 is 0 Å². The van der Waals surface area contributed by atoms with Gasteiger partial charge in [-0.15, -0.1) is 12.4 Å². The smallest absolute Gasteiger partial charge is 0.225 e. The number of halogens is 3. The van der Waals surface area contributed by atoms with Gasteiger partial charge in [-0.1, -0.05) is 23.2 Å². The molecule has 1 amide bonds. The first-order chi connectivity index (χ1) is 10.1. The number of anilines is 1.